The summed E-state index contributed by atoms with van der Waals surface area (Å²) in [7, 11) is 0. The lowest BCUT2D eigenvalue weighted by atomic mass is 10.2. The molecule has 3 rings (SSSR count). The molecule has 2 unspecified atom stereocenters. The molecule has 2 amide bonds. The van der Waals surface area contributed by atoms with Crippen LogP contribution in [-0.4, -0.2) is 64.4 Å². The highest BCUT2D eigenvalue weighted by Gasteiger charge is 2.40. The van der Waals surface area contributed by atoms with E-state index in [1.54, 1.807) is 6.20 Å². The van der Waals surface area contributed by atoms with Gasteiger partial charge in [0.1, 0.15) is 11.9 Å². The standard InChI is InChI=1S/C19H28N4O3/c1-13(2)23-9-6-18(19(23)25)22-8-5-17(12-22)26-16-4-7-20-15(10-16)11-21-14(3)24/h4,7,10,13,17-18H,5-6,8-9,11-12H2,1-3H3,(H,21,24). The van der Waals surface area contributed by atoms with E-state index < -0.39 is 0 Å². The molecule has 0 radical (unpaired) electrons. The summed E-state index contributed by atoms with van der Waals surface area (Å²) >= 11 is 0. The molecule has 0 aliphatic carbocycles. The molecular weight excluding hydrogens is 332 g/mol. The number of nitrogens with zero attached hydrogens (tertiary/aromatic N) is 3. The Balaban J connectivity index is 1.54. The lowest BCUT2D eigenvalue weighted by Crippen LogP contribution is -2.43. The first-order valence-corrected chi connectivity index (χ1v) is 9.34. The van der Waals surface area contributed by atoms with Gasteiger partial charge in [-0.05, 0) is 32.8 Å². The zero-order chi connectivity index (χ0) is 18.7. The Bertz CT molecular complexity index is 664. The van der Waals surface area contributed by atoms with Crippen LogP contribution in [0.15, 0.2) is 18.3 Å². The van der Waals surface area contributed by atoms with Gasteiger partial charge in [0.2, 0.25) is 11.8 Å². The van der Waals surface area contributed by atoms with Crippen LogP contribution in [0.5, 0.6) is 5.75 Å². The predicted molar refractivity (Wildman–Crippen MR) is 97.6 cm³/mol. The van der Waals surface area contributed by atoms with Crippen LogP contribution in [0.3, 0.4) is 0 Å². The SMILES string of the molecule is CC(=O)NCc1cc(OC2CCN(C3CCN(C(C)C)C3=O)C2)ccn1. The highest BCUT2D eigenvalue weighted by atomic mass is 16.5. The maximum Gasteiger partial charge on any atom is 0.240 e. The third-order valence-corrected chi connectivity index (χ3v) is 5.06. The summed E-state index contributed by atoms with van der Waals surface area (Å²) in [5.74, 6) is 0.928. The zero-order valence-corrected chi connectivity index (χ0v) is 15.8. The fourth-order valence-electron chi connectivity index (χ4n) is 3.70. The topological polar surface area (TPSA) is 74.8 Å². The number of carbonyl (C=O) groups is 2. The highest BCUT2D eigenvalue weighted by molar-refractivity contribution is 5.84. The number of nitrogens with one attached hydrogen (secondary N) is 1. The molecule has 26 heavy (non-hydrogen) atoms. The van der Waals surface area contributed by atoms with Crippen molar-refractivity contribution in [2.45, 2.75) is 58.3 Å². The van der Waals surface area contributed by atoms with Crippen molar-refractivity contribution in [1.29, 1.82) is 0 Å². The minimum absolute atomic E-state index is 0.00114. The van der Waals surface area contributed by atoms with E-state index in [4.69, 9.17) is 4.74 Å². The van der Waals surface area contributed by atoms with E-state index in [1.165, 1.54) is 6.92 Å². The van der Waals surface area contributed by atoms with Gasteiger partial charge in [0.05, 0.1) is 18.3 Å². The van der Waals surface area contributed by atoms with E-state index in [1.807, 2.05) is 17.0 Å². The monoisotopic (exact) mass is 360 g/mol. The van der Waals surface area contributed by atoms with Gasteiger partial charge in [0.25, 0.3) is 0 Å². The first kappa shape index (κ1) is 18.6. The van der Waals surface area contributed by atoms with Gasteiger partial charge in [0.15, 0.2) is 0 Å². The smallest absolute Gasteiger partial charge is 0.240 e. The number of pyridine rings is 1. The average Bonchev–Trinajstić information content (AvgIpc) is 3.19. The number of hydrogen-bond donors (Lipinski definition) is 1. The minimum atomic E-state index is -0.0822. The molecule has 0 spiro atoms. The Morgan fingerprint density at radius 3 is 2.88 bits per heavy atom. The molecule has 1 N–H and O–H groups in total. The first-order chi connectivity index (χ1) is 12.4. The Labute approximate surface area is 154 Å². The summed E-state index contributed by atoms with van der Waals surface area (Å²) < 4.78 is 6.10. The maximum absolute atomic E-state index is 12.6. The average molecular weight is 360 g/mol. The summed E-state index contributed by atoms with van der Waals surface area (Å²) in [6, 6.07) is 3.96. The normalized spacial score (nSPS) is 23.7. The molecule has 142 valence electrons. The maximum atomic E-state index is 12.6. The van der Waals surface area contributed by atoms with Crippen molar-refractivity contribution in [1.82, 2.24) is 20.1 Å². The molecular formula is C19H28N4O3. The largest absolute Gasteiger partial charge is 0.489 e. The number of carbonyl (C=O) groups excluding carboxylic acids is 2. The van der Waals surface area contributed by atoms with Crippen LogP contribution in [-0.2, 0) is 16.1 Å². The van der Waals surface area contributed by atoms with Gasteiger partial charge in [-0.3, -0.25) is 19.5 Å². The number of hydrogen-bond acceptors (Lipinski definition) is 5. The molecule has 2 saturated heterocycles. The molecule has 2 aliphatic heterocycles. The van der Waals surface area contributed by atoms with E-state index in [0.29, 0.717) is 6.54 Å². The molecule has 3 heterocycles. The Morgan fingerprint density at radius 1 is 1.38 bits per heavy atom. The van der Waals surface area contributed by atoms with E-state index in [0.717, 1.165) is 43.9 Å². The van der Waals surface area contributed by atoms with Gasteiger partial charge in [-0.2, -0.15) is 0 Å². The van der Waals surface area contributed by atoms with Crippen molar-refractivity contribution >= 4 is 11.8 Å². The molecule has 7 heteroatoms. The number of rotatable bonds is 6. The van der Waals surface area contributed by atoms with Crippen LogP contribution in [0.1, 0.15) is 39.3 Å². The Morgan fingerprint density at radius 2 is 2.19 bits per heavy atom. The fraction of sp³-hybridized carbons (Fsp3) is 0.632. The summed E-state index contributed by atoms with van der Waals surface area (Å²) in [6.07, 6.45) is 3.58. The van der Waals surface area contributed by atoms with E-state index in [2.05, 4.69) is 29.0 Å². The van der Waals surface area contributed by atoms with Crippen molar-refractivity contribution in [3.8, 4) is 5.75 Å². The van der Waals surface area contributed by atoms with Gasteiger partial charge in [0, 0.05) is 44.9 Å². The predicted octanol–water partition coefficient (Wildman–Crippen LogP) is 1.18. The van der Waals surface area contributed by atoms with Crippen LogP contribution in [0.4, 0.5) is 0 Å². The number of ether oxygens (including phenoxy) is 1. The molecule has 0 aromatic carbocycles. The van der Waals surface area contributed by atoms with Gasteiger partial charge in [-0.15, -0.1) is 0 Å². The summed E-state index contributed by atoms with van der Waals surface area (Å²) in [5, 5.41) is 2.74. The first-order valence-electron chi connectivity index (χ1n) is 9.34. The lowest BCUT2D eigenvalue weighted by Gasteiger charge is -2.25. The Hall–Kier alpha value is -2.15. The molecule has 0 bridgehead atoms. The third kappa shape index (κ3) is 4.33. The summed E-state index contributed by atoms with van der Waals surface area (Å²) in [6.45, 7) is 8.52. The van der Waals surface area contributed by atoms with Gasteiger partial charge >= 0.3 is 0 Å². The third-order valence-electron chi connectivity index (χ3n) is 5.06. The minimum Gasteiger partial charge on any atom is -0.489 e. The second-order valence-corrected chi connectivity index (χ2v) is 7.35. The number of likely N-dealkylation sites (tertiary alicyclic amines) is 2. The molecule has 2 aliphatic rings. The second-order valence-electron chi connectivity index (χ2n) is 7.35. The Kier molecular flexibility index (Phi) is 5.76. The van der Waals surface area contributed by atoms with Crippen LogP contribution in [0.25, 0.3) is 0 Å². The summed E-state index contributed by atoms with van der Waals surface area (Å²) in [4.78, 5) is 32.1. The number of aromatic nitrogens is 1. The highest BCUT2D eigenvalue weighted by Crippen LogP contribution is 2.25. The van der Waals surface area contributed by atoms with Gasteiger partial charge < -0.3 is 15.0 Å². The van der Waals surface area contributed by atoms with Crippen molar-refractivity contribution in [2.24, 2.45) is 0 Å². The van der Waals surface area contributed by atoms with Crippen LogP contribution in [0, 0.1) is 0 Å². The molecule has 2 fully saturated rings. The van der Waals surface area contributed by atoms with Crippen LogP contribution in [0.2, 0.25) is 0 Å². The molecule has 1 aromatic heterocycles. The van der Waals surface area contributed by atoms with Crippen molar-refractivity contribution in [2.75, 3.05) is 19.6 Å². The zero-order valence-electron chi connectivity index (χ0n) is 15.8. The number of amides is 2. The quantitative estimate of drug-likeness (QED) is 0.825. The lowest BCUT2D eigenvalue weighted by molar-refractivity contribution is -0.133. The molecule has 2 atom stereocenters. The second kappa shape index (κ2) is 8.03. The fourth-order valence-corrected chi connectivity index (χ4v) is 3.70. The van der Waals surface area contributed by atoms with E-state index in [9.17, 15) is 9.59 Å². The van der Waals surface area contributed by atoms with Crippen LogP contribution >= 0.6 is 0 Å². The molecule has 1 aromatic rings. The van der Waals surface area contributed by atoms with Crippen molar-refractivity contribution in [3.63, 3.8) is 0 Å². The van der Waals surface area contributed by atoms with Gasteiger partial charge in [-0.25, -0.2) is 0 Å². The van der Waals surface area contributed by atoms with E-state index in [-0.39, 0.29) is 30.0 Å². The van der Waals surface area contributed by atoms with E-state index >= 15 is 0 Å². The van der Waals surface area contributed by atoms with Crippen molar-refractivity contribution in [3.05, 3.63) is 24.0 Å². The molecule has 0 saturated carbocycles. The summed E-state index contributed by atoms with van der Waals surface area (Å²) in [5.41, 5.74) is 0.770. The van der Waals surface area contributed by atoms with Crippen molar-refractivity contribution < 1.29 is 14.3 Å². The van der Waals surface area contributed by atoms with Gasteiger partial charge in [-0.1, -0.05) is 0 Å². The van der Waals surface area contributed by atoms with Crippen LogP contribution < -0.4 is 10.1 Å². The molecule has 7 nitrogen and oxygen atoms in total.